The molecule has 0 bridgehead atoms. The van der Waals surface area contributed by atoms with Crippen molar-refractivity contribution in [3.05, 3.63) is 23.5 Å². The van der Waals surface area contributed by atoms with Gasteiger partial charge in [0.05, 0.1) is 14.2 Å². The van der Waals surface area contributed by atoms with Gasteiger partial charge in [0.15, 0.2) is 11.5 Å². The van der Waals surface area contributed by atoms with Crippen LogP contribution in [0.5, 0.6) is 11.5 Å². The van der Waals surface area contributed by atoms with Gasteiger partial charge in [-0.15, -0.1) is 0 Å². The van der Waals surface area contributed by atoms with E-state index in [1.807, 2.05) is 6.92 Å². The Labute approximate surface area is 102 Å². The quantitative estimate of drug-likeness (QED) is 0.832. The Morgan fingerprint density at radius 3 is 2.35 bits per heavy atom. The maximum atomic E-state index is 13.9. The Morgan fingerprint density at radius 2 is 1.82 bits per heavy atom. The van der Waals surface area contributed by atoms with Crippen LogP contribution in [-0.2, 0) is 0 Å². The molecule has 17 heavy (non-hydrogen) atoms. The van der Waals surface area contributed by atoms with Gasteiger partial charge in [0, 0.05) is 6.07 Å². The molecule has 0 aromatic heterocycles. The maximum absolute atomic E-state index is 13.9. The second kappa shape index (κ2) is 6.45. The van der Waals surface area contributed by atoms with Crippen LogP contribution in [0.15, 0.2) is 12.1 Å². The van der Waals surface area contributed by atoms with E-state index in [4.69, 9.17) is 15.2 Å². The van der Waals surface area contributed by atoms with Gasteiger partial charge in [-0.3, -0.25) is 0 Å². The first-order valence-electron chi connectivity index (χ1n) is 5.75. The van der Waals surface area contributed by atoms with Crippen molar-refractivity contribution in [3.8, 4) is 11.5 Å². The number of nitrogens with two attached hydrogens (primary N) is 1. The molecule has 1 unspecified atom stereocenters. The molecular weight excluding hydrogens is 221 g/mol. The number of hydrogen-bond acceptors (Lipinski definition) is 3. The molecule has 0 spiro atoms. The van der Waals surface area contributed by atoms with Crippen molar-refractivity contribution in [1.82, 2.24) is 0 Å². The summed E-state index contributed by atoms with van der Waals surface area (Å²) in [5, 5.41) is 0. The highest BCUT2D eigenvalue weighted by Crippen LogP contribution is 2.34. The van der Waals surface area contributed by atoms with Gasteiger partial charge < -0.3 is 15.2 Å². The minimum atomic E-state index is -0.257. The Morgan fingerprint density at radius 1 is 1.24 bits per heavy atom. The molecule has 1 aromatic rings. The lowest BCUT2D eigenvalue weighted by atomic mass is 9.95. The molecule has 2 N–H and O–H groups in total. The highest BCUT2D eigenvalue weighted by atomic mass is 19.1. The summed E-state index contributed by atoms with van der Waals surface area (Å²) in [5.74, 6) is 0.841. The first kappa shape index (κ1) is 13.8. The molecule has 0 aliphatic carbocycles. The lowest BCUT2D eigenvalue weighted by Crippen LogP contribution is -2.04. The Bertz CT molecular complexity index is 369. The number of hydrogen-bond donors (Lipinski definition) is 1. The van der Waals surface area contributed by atoms with Crippen LogP contribution in [0.25, 0.3) is 0 Å². The average molecular weight is 241 g/mol. The fourth-order valence-corrected chi connectivity index (χ4v) is 1.83. The van der Waals surface area contributed by atoms with Crippen LogP contribution in [0.1, 0.15) is 31.2 Å². The van der Waals surface area contributed by atoms with Crippen molar-refractivity contribution in [2.24, 2.45) is 5.73 Å². The summed E-state index contributed by atoms with van der Waals surface area (Å²) in [4.78, 5) is 0. The van der Waals surface area contributed by atoms with Gasteiger partial charge >= 0.3 is 0 Å². The van der Waals surface area contributed by atoms with Crippen LogP contribution in [0.2, 0.25) is 0 Å². The molecule has 4 heteroatoms. The number of benzene rings is 1. The summed E-state index contributed by atoms with van der Waals surface area (Å²) < 4.78 is 24.1. The Kier molecular flexibility index (Phi) is 5.22. The molecule has 0 saturated heterocycles. The van der Waals surface area contributed by atoms with Crippen LogP contribution < -0.4 is 15.2 Å². The van der Waals surface area contributed by atoms with Gasteiger partial charge in [0.2, 0.25) is 0 Å². The van der Waals surface area contributed by atoms with Crippen LogP contribution in [-0.4, -0.2) is 20.8 Å². The minimum absolute atomic E-state index is 0.123. The first-order chi connectivity index (χ1) is 8.13. The fraction of sp³-hybridized carbons (Fsp3) is 0.538. The third-order valence-corrected chi connectivity index (χ3v) is 2.88. The summed E-state index contributed by atoms with van der Waals surface area (Å²) in [6, 6.07) is 3.07. The van der Waals surface area contributed by atoms with Crippen molar-refractivity contribution in [3.63, 3.8) is 0 Å². The highest BCUT2D eigenvalue weighted by molar-refractivity contribution is 5.44. The number of methoxy groups -OCH3 is 2. The summed E-state index contributed by atoms with van der Waals surface area (Å²) >= 11 is 0. The van der Waals surface area contributed by atoms with E-state index in [1.54, 1.807) is 13.2 Å². The van der Waals surface area contributed by atoms with Crippen molar-refractivity contribution >= 4 is 0 Å². The molecule has 0 heterocycles. The molecule has 1 rings (SSSR count). The van der Waals surface area contributed by atoms with E-state index in [2.05, 4.69) is 0 Å². The largest absolute Gasteiger partial charge is 0.493 e. The smallest absolute Gasteiger partial charge is 0.163 e. The second-order valence-corrected chi connectivity index (χ2v) is 4.06. The van der Waals surface area contributed by atoms with E-state index in [9.17, 15) is 4.39 Å². The standard InChI is InChI=1S/C13H20FNO2/c1-9(5-4-6-15)10-7-12(16-2)13(17-3)8-11(10)14/h7-9H,4-6,15H2,1-3H3. The first-order valence-corrected chi connectivity index (χ1v) is 5.75. The summed E-state index contributed by atoms with van der Waals surface area (Å²) in [6.45, 7) is 2.61. The Hall–Kier alpha value is -1.29. The number of ether oxygens (including phenoxy) is 2. The van der Waals surface area contributed by atoms with Gasteiger partial charge in [-0.1, -0.05) is 6.92 Å². The van der Waals surface area contributed by atoms with Crippen molar-refractivity contribution in [2.75, 3.05) is 20.8 Å². The molecule has 1 aromatic carbocycles. The van der Waals surface area contributed by atoms with E-state index in [-0.39, 0.29) is 11.7 Å². The predicted octanol–water partition coefficient (Wildman–Crippen LogP) is 2.69. The molecule has 0 aliphatic rings. The maximum Gasteiger partial charge on any atom is 0.163 e. The second-order valence-electron chi connectivity index (χ2n) is 4.06. The van der Waals surface area contributed by atoms with E-state index in [1.165, 1.54) is 13.2 Å². The summed E-state index contributed by atoms with van der Waals surface area (Å²) in [7, 11) is 3.04. The van der Waals surface area contributed by atoms with Crippen molar-refractivity contribution < 1.29 is 13.9 Å². The van der Waals surface area contributed by atoms with Crippen LogP contribution in [0, 0.1) is 5.82 Å². The summed E-state index contributed by atoms with van der Waals surface area (Å²) in [6.07, 6.45) is 1.75. The fourth-order valence-electron chi connectivity index (χ4n) is 1.83. The van der Waals surface area contributed by atoms with Crippen molar-refractivity contribution in [2.45, 2.75) is 25.7 Å². The third-order valence-electron chi connectivity index (χ3n) is 2.88. The van der Waals surface area contributed by atoms with Gasteiger partial charge in [0.25, 0.3) is 0 Å². The van der Waals surface area contributed by atoms with E-state index in [0.717, 1.165) is 12.8 Å². The third kappa shape index (κ3) is 3.33. The monoisotopic (exact) mass is 241 g/mol. The number of halogens is 1. The molecule has 1 atom stereocenters. The molecular formula is C13H20FNO2. The molecule has 0 fully saturated rings. The topological polar surface area (TPSA) is 44.5 Å². The predicted molar refractivity (Wildman–Crippen MR) is 66.2 cm³/mol. The van der Waals surface area contributed by atoms with Gasteiger partial charge in [-0.25, -0.2) is 4.39 Å². The molecule has 0 saturated carbocycles. The zero-order valence-electron chi connectivity index (χ0n) is 10.6. The average Bonchev–Trinajstić information content (AvgIpc) is 2.35. The normalized spacial score (nSPS) is 12.3. The van der Waals surface area contributed by atoms with E-state index < -0.39 is 0 Å². The Balaban J connectivity index is 2.99. The van der Waals surface area contributed by atoms with E-state index >= 15 is 0 Å². The van der Waals surface area contributed by atoms with E-state index in [0.29, 0.717) is 23.6 Å². The number of rotatable bonds is 6. The lowest BCUT2D eigenvalue weighted by molar-refractivity contribution is 0.351. The highest BCUT2D eigenvalue weighted by Gasteiger charge is 2.15. The zero-order chi connectivity index (χ0) is 12.8. The van der Waals surface area contributed by atoms with Gasteiger partial charge in [-0.05, 0) is 36.9 Å². The van der Waals surface area contributed by atoms with Crippen LogP contribution in [0.3, 0.4) is 0 Å². The molecule has 0 amide bonds. The minimum Gasteiger partial charge on any atom is -0.493 e. The SMILES string of the molecule is COc1cc(F)c(C(C)CCCN)cc1OC. The van der Waals surface area contributed by atoms with Crippen LogP contribution in [0.4, 0.5) is 4.39 Å². The van der Waals surface area contributed by atoms with Crippen molar-refractivity contribution in [1.29, 1.82) is 0 Å². The molecule has 96 valence electrons. The lowest BCUT2D eigenvalue weighted by Gasteiger charge is -2.15. The van der Waals surface area contributed by atoms with Gasteiger partial charge in [0.1, 0.15) is 5.82 Å². The van der Waals surface area contributed by atoms with Crippen LogP contribution >= 0.6 is 0 Å². The zero-order valence-corrected chi connectivity index (χ0v) is 10.6. The molecule has 0 aliphatic heterocycles. The summed E-state index contributed by atoms with van der Waals surface area (Å²) in [5.41, 5.74) is 6.11. The molecule has 3 nitrogen and oxygen atoms in total. The molecule has 0 radical (unpaired) electrons. The van der Waals surface area contributed by atoms with Gasteiger partial charge in [-0.2, -0.15) is 0 Å².